The van der Waals surface area contributed by atoms with Gasteiger partial charge in [0.05, 0.1) is 12.4 Å². The van der Waals surface area contributed by atoms with Gasteiger partial charge in [0.25, 0.3) is 0 Å². The third kappa shape index (κ3) is 2.29. The maximum atomic E-state index is 5.78. The van der Waals surface area contributed by atoms with E-state index in [0.717, 1.165) is 37.5 Å². The SMILES string of the molecule is Cc1ccc(C(C)n2cncc2C2(C)CCNCC2)o1. The zero-order valence-corrected chi connectivity index (χ0v) is 12.5. The van der Waals surface area contributed by atoms with Crippen molar-refractivity contribution in [3.8, 4) is 0 Å². The number of aryl methyl sites for hydroxylation is 1. The summed E-state index contributed by atoms with van der Waals surface area (Å²) in [6, 6.07) is 4.27. The summed E-state index contributed by atoms with van der Waals surface area (Å²) in [6.07, 6.45) is 6.27. The Kier molecular flexibility index (Phi) is 3.42. The molecular weight excluding hydrogens is 250 g/mol. The van der Waals surface area contributed by atoms with E-state index in [9.17, 15) is 0 Å². The summed E-state index contributed by atoms with van der Waals surface area (Å²) < 4.78 is 8.05. The Bertz CT molecular complexity index is 578. The highest BCUT2D eigenvalue weighted by Gasteiger charge is 2.33. The highest BCUT2D eigenvalue weighted by molar-refractivity contribution is 5.19. The van der Waals surface area contributed by atoms with Crippen LogP contribution in [0.2, 0.25) is 0 Å². The van der Waals surface area contributed by atoms with Crippen LogP contribution in [0.25, 0.3) is 0 Å². The molecule has 2 aromatic rings. The standard InChI is InChI=1S/C16H23N3O/c1-12-4-5-14(20-12)13(2)19-11-18-10-15(19)16(3)6-8-17-9-7-16/h4-5,10-11,13,17H,6-9H2,1-3H3. The van der Waals surface area contributed by atoms with Crippen LogP contribution in [0, 0.1) is 6.92 Å². The molecular formula is C16H23N3O. The number of furan rings is 1. The minimum Gasteiger partial charge on any atom is -0.464 e. The van der Waals surface area contributed by atoms with Gasteiger partial charge in [0.1, 0.15) is 11.5 Å². The molecule has 1 aliphatic rings. The molecule has 3 rings (SSSR count). The van der Waals surface area contributed by atoms with Gasteiger partial charge in [0.15, 0.2) is 0 Å². The number of nitrogens with zero attached hydrogens (tertiary/aromatic N) is 2. The van der Waals surface area contributed by atoms with E-state index >= 15 is 0 Å². The van der Waals surface area contributed by atoms with Crippen molar-refractivity contribution in [3.05, 3.63) is 41.9 Å². The van der Waals surface area contributed by atoms with Crippen molar-refractivity contribution in [2.75, 3.05) is 13.1 Å². The summed E-state index contributed by atoms with van der Waals surface area (Å²) in [5.74, 6) is 1.96. The summed E-state index contributed by atoms with van der Waals surface area (Å²) >= 11 is 0. The van der Waals surface area contributed by atoms with Crippen LogP contribution in [-0.4, -0.2) is 22.6 Å². The molecule has 1 aliphatic heterocycles. The van der Waals surface area contributed by atoms with Gasteiger partial charge >= 0.3 is 0 Å². The van der Waals surface area contributed by atoms with Crippen molar-refractivity contribution >= 4 is 0 Å². The Hall–Kier alpha value is -1.55. The lowest BCUT2D eigenvalue weighted by atomic mass is 9.78. The summed E-state index contributed by atoms with van der Waals surface area (Å²) in [7, 11) is 0. The topological polar surface area (TPSA) is 43.0 Å². The molecule has 1 fully saturated rings. The molecule has 1 atom stereocenters. The first-order chi connectivity index (χ1) is 9.60. The minimum absolute atomic E-state index is 0.188. The number of rotatable bonds is 3. The first-order valence-corrected chi connectivity index (χ1v) is 7.39. The maximum absolute atomic E-state index is 5.78. The van der Waals surface area contributed by atoms with E-state index in [1.54, 1.807) is 0 Å². The Labute approximate surface area is 120 Å². The molecule has 0 aromatic carbocycles. The average Bonchev–Trinajstić information content (AvgIpc) is 3.07. The fourth-order valence-corrected chi connectivity index (χ4v) is 3.13. The molecule has 1 unspecified atom stereocenters. The second-order valence-electron chi connectivity index (χ2n) is 6.12. The molecule has 0 radical (unpaired) electrons. The quantitative estimate of drug-likeness (QED) is 0.934. The number of aromatic nitrogens is 2. The van der Waals surface area contributed by atoms with E-state index in [1.807, 2.05) is 25.5 Å². The van der Waals surface area contributed by atoms with E-state index in [-0.39, 0.29) is 11.5 Å². The molecule has 0 bridgehead atoms. The molecule has 108 valence electrons. The molecule has 0 spiro atoms. The molecule has 0 aliphatic carbocycles. The van der Waals surface area contributed by atoms with Gasteiger partial charge in [-0.15, -0.1) is 0 Å². The van der Waals surface area contributed by atoms with Gasteiger partial charge in [-0.1, -0.05) is 6.92 Å². The Morgan fingerprint density at radius 1 is 1.35 bits per heavy atom. The lowest BCUT2D eigenvalue weighted by Gasteiger charge is -2.35. The summed E-state index contributed by atoms with van der Waals surface area (Å²) in [4.78, 5) is 4.40. The smallest absolute Gasteiger partial charge is 0.126 e. The number of hydrogen-bond donors (Lipinski definition) is 1. The van der Waals surface area contributed by atoms with Crippen LogP contribution >= 0.6 is 0 Å². The zero-order chi connectivity index (χ0) is 14.2. The van der Waals surface area contributed by atoms with Crippen LogP contribution in [0.4, 0.5) is 0 Å². The Morgan fingerprint density at radius 2 is 2.10 bits per heavy atom. The minimum atomic E-state index is 0.188. The number of nitrogens with one attached hydrogen (secondary N) is 1. The largest absolute Gasteiger partial charge is 0.464 e. The van der Waals surface area contributed by atoms with Gasteiger partial charge in [-0.05, 0) is 51.9 Å². The van der Waals surface area contributed by atoms with Gasteiger partial charge in [-0.2, -0.15) is 0 Å². The fourth-order valence-electron chi connectivity index (χ4n) is 3.13. The Balaban J connectivity index is 1.93. The number of hydrogen-bond acceptors (Lipinski definition) is 3. The fraction of sp³-hybridized carbons (Fsp3) is 0.562. The van der Waals surface area contributed by atoms with Crippen molar-refractivity contribution < 1.29 is 4.42 Å². The van der Waals surface area contributed by atoms with Crippen molar-refractivity contribution in [3.63, 3.8) is 0 Å². The van der Waals surface area contributed by atoms with Crippen LogP contribution in [0.5, 0.6) is 0 Å². The van der Waals surface area contributed by atoms with E-state index in [2.05, 4.69) is 34.8 Å². The van der Waals surface area contributed by atoms with Crippen LogP contribution in [0.3, 0.4) is 0 Å². The first-order valence-electron chi connectivity index (χ1n) is 7.39. The number of piperidine rings is 1. The Morgan fingerprint density at radius 3 is 2.75 bits per heavy atom. The second kappa shape index (κ2) is 5.09. The van der Waals surface area contributed by atoms with E-state index in [0.29, 0.717) is 0 Å². The van der Waals surface area contributed by atoms with Crippen LogP contribution < -0.4 is 5.32 Å². The predicted molar refractivity (Wildman–Crippen MR) is 78.9 cm³/mol. The van der Waals surface area contributed by atoms with Gasteiger partial charge in [-0.3, -0.25) is 0 Å². The summed E-state index contributed by atoms with van der Waals surface area (Å²) in [5, 5.41) is 3.44. The highest BCUT2D eigenvalue weighted by Crippen LogP contribution is 2.35. The monoisotopic (exact) mass is 273 g/mol. The molecule has 3 heterocycles. The third-order valence-electron chi connectivity index (χ3n) is 4.58. The molecule has 4 nitrogen and oxygen atoms in total. The summed E-state index contributed by atoms with van der Waals surface area (Å²) in [6.45, 7) is 8.67. The molecule has 4 heteroatoms. The first kappa shape index (κ1) is 13.4. The third-order valence-corrected chi connectivity index (χ3v) is 4.58. The van der Waals surface area contributed by atoms with E-state index in [1.165, 1.54) is 5.69 Å². The molecule has 2 aromatic heterocycles. The number of imidazole rings is 1. The molecule has 1 saturated heterocycles. The van der Waals surface area contributed by atoms with Crippen LogP contribution in [0.15, 0.2) is 29.1 Å². The normalized spacial score (nSPS) is 19.9. The maximum Gasteiger partial charge on any atom is 0.126 e. The highest BCUT2D eigenvalue weighted by atomic mass is 16.3. The molecule has 20 heavy (non-hydrogen) atoms. The molecule has 0 saturated carbocycles. The summed E-state index contributed by atoms with van der Waals surface area (Å²) in [5.41, 5.74) is 1.53. The second-order valence-corrected chi connectivity index (χ2v) is 6.12. The molecule has 0 amide bonds. The van der Waals surface area contributed by atoms with Gasteiger partial charge in [0, 0.05) is 17.3 Å². The van der Waals surface area contributed by atoms with Gasteiger partial charge in [-0.25, -0.2) is 4.98 Å². The lowest BCUT2D eigenvalue weighted by Crippen LogP contribution is -2.39. The van der Waals surface area contributed by atoms with Crippen molar-refractivity contribution in [1.82, 2.24) is 14.9 Å². The average molecular weight is 273 g/mol. The van der Waals surface area contributed by atoms with Gasteiger partial charge in [0.2, 0.25) is 0 Å². The van der Waals surface area contributed by atoms with E-state index < -0.39 is 0 Å². The van der Waals surface area contributed by atoms with Crippen molar-refractivity contribution in [2.45, 2.75) is 45.1 Å². The molecule has 1 N–H and O–H groups in total. The van der Waals surface area contributed by atoms with Crippen molar-refractivity contribution in [2.24, 2.45) is 0 Å². The van der Waals surface area contributed by atoms with Crippen LogP contribution in [-0.2, 0) is 5.41 Å². The van der Waals surface area contributed by atoms with Crippen LogP contribution in [0.1, 0.15) is 49.9 Å². The zero-order valence-electron chi connectivity index (χ0n) is 12.5. The lowest BCUT2D eigenvalue weighted by molar-refractivity contribution is 0.308. The predicted octanol–water partition coefficient (Wildman–Crippen LogP) is 3.03. The van der Waals surface area contributed by atoms with Crippen molar-refractivity contribution in [1.29, 1.82) is 0 Å². The van der Waals surface area contributed by atoms with E-state index in [4.69, 9.17) is 4.42 Å². The van der Waals surface area contributed by atoms with Gasteiger partial charge < -0.3 is 14.3 Å².